The Bertz CT molecular complexity index is 131. The maximum Gasteiger partial charge on any atom is 0.0121 e. The summed E-state index contributed by atoms with van der Waals surface area (Å²) in [6, 6.07) is 0.846. The minimum Gasteiger partial charge on any atom is -0.300 e. The number of hydrogen-bond donors (Lipinski definition) is 0. The first-order chi connectivity index (χ1) is 5.65. The first-order valence-corrected chi connectivity index (χ1v) is 5.39. The van der Waals surface area contributed by atoms with Gasteiger partial charge in [0.2, 0.25) is 0 Å². The number of nitrogens with zero attached hydrogens (tertiary/aromatic N) is 1. The van der Waals surface area contributed by atoms with Gasteiger partial charge in [0.05, 0.1) is 0 Å². The first-order valence-electron chi connectivity index (χ1n) is 5.39. The van der Waals surface area contributed by atoms with Crippen molar-refractivity contribution in [1.82, 2.24) is 4.90 Å². The molecule has 0 bridgehead atoms. The summed E-state index contributed by atoms with van der Waals surface area (Å²) >= 11 is 0. The molecular weight excluding hydrogens is 146 g/mol. The standard InChI is InChI=1S/C11H23N/c1-5-12-7-6-10(4)8-11(12)9(2)3/h9-11H,5-8H2,1-4H3. The van der Waals surface area contributed by atoms with Gasteiger partial charge in [0, 0.05) is 6.04 Å². The molecule has 1 heterocycles. The topological polar surface area (TPSA) is 3.24 Å². The van der Waals surface area contributed by atoms with Crippen LogP contribution in [0.3, 0.4) is 0 Å². The van der Waals surface area contributed by atoms with Crippen LogP contribution < -0.4 is 0 Å². The van der Waals surface area contributed by atoms with Gasteiger partial charge in [-0.05, 0) is 37.8 Å². The van der Waals surface area contributed by atoms with Gasteiger partial charge in [-0.3, -0.25) is 0 Å². The van der Waals surface area contributed by atoms with E-state index in [9.17, 15) is 0 Å². The highest BCUT2D eigenvalue weighted by molar-refractivity contribution is 4.81. The highest BCUT2D eigenvalue weighted by Gasteiger charge is 2.26. The summed E-state index contributed by atoms with van der Waals surface area (Å²) in [6.07, 6.45) is 2.81. The molecule has 1 fully saturated rings. The average molecular weight is 169 g/mol. The van der Waals surface area contributed by atoms with Crippen molar-refractivity contribution < 1.29 is 0 Å². The van der Waals surface area contributed by atoms with Gasteiger partial charge in [-0.2, -0.15) is 0 Å². The summed E-state index contributed by atoms with van der Waals surface area (Å²) in [5.41, 5.74) is 0. The molecule has 2 unspecified atom stereocenters. The van der Waals surface area contributed by atoms with E-state index in [-0.39, 0.29) is 0 Å². The number of rotatable bonds is 2. The van der Waals surface area contributed by atoms with Gasteiger partial charge < -0.3 is 4.90 Å². The van der Waals surface area contributed by atoms with E-state index < -0.39 is 0 Å². The van der Waals surface area contributed by atoms with Gasteiger partial charge in [0.15, 0.2) is 0 Å². The largest absolute Gasteiger partial charge is 0.300 e. The van der Waals surface area contributed by atoms with Crippen molar-refractivity contribution in [3.8, 4) is 0 Å². The molecule has 1 saturated heterocycles. The zero-order valence-electron chi connectivity index (χ0n) is 9.01. The molecule has 0 spiro atoms. The van der Waals surface area contributed by atoms with Gasteiger partial charge in [0.25, 0.3) is 0 Å². The van der Waals surface area contributed by atoms with Crippen molar-refractivity contribution in [3.63, 3.8) is 0 Å². The van der Waals surface area contributed by atoms with E-state index in [1.807, 2.05) is 0 Å². The molecule has 1 rings (SSSR count). The fraction of sp³-hybridized carbons (Fsp3) is 1.00. The summed E-state index contributed by atoms with van der Waals surface area (Å²) in [5, 5.41) is 0. The van der Waals surface area contributed by atoms with Crippen LogP contribution in [-0.2, 0) is 0 Å². The van der Waals surface area contributed by atoms with Gasteiger partial charge in [-0.25, -0.2) is 0 Å². The fourth-order valence-corrected chi connectivity index (χ4v) is 2.32. The Morgan fingerprint density at radius 1 is 1.42 bits per heavy atom. The van der Waals surface area contributed by atoms with E-state index in [2.05, 4.69) is 32.6 Å². The monoisotopic (exact) mass is 169 g/mol. The number of likely N-dealkylation sites (tertiary alicyclic amines) is 1. The lowest BCUT2D eigenvalue weighted by molar-refractivity contribution is 0.0914. The van der Waals surface area contributed by atoms with E-state index in [1.165, 1.54) is 25.9 Å². The second-order valence-corrected chi connectivity index (χ2v) is 4.57. The Morgan fingerprint density at radius 3 is 2.58 bits per heavy atom. The maximum atomic E-state index is 2.64. The predicted octanol–water partition coefficient (Wildman–Crippen LogP) is 2.76. The maximum absolute atomic E-state index is 2.64. The lowest BCUT2D eigenvalue weighted by Crippen LogP contribution is -2.44. The molecule has 0 aromatic carbocycles. The van der Waals surface area contributed by atoms with Crippen molar-refractivity contribution in [3.05, 3.63) is 0 Å². The Kier molecular flexibility index (Phi) is 3.57. The molecule has 1 nitrogen and oxygen atoms in total. The van der Waals surface area contributed by atoms with Crippen LogP contribution in [-0.4, -0.2) is 24.0 Å². The second-order valence-electron chi connectivity index (χ2n) is 4.57. The van der Waals surface area contributed by atoms with Gasteiger partial charge >= 0.3 is 0 Å². The second kappa shape index (κ2) is 4.27. The van der Waals surface area contributed by atoms with Gasteiger partial charge in [-0.1, -0.05) is 27.7 Å². The van der Waals surface area contributed by atoms with Crippen molar-refractivity contribution in [2.45, 2.75) is 46.6 Å². The minimum absolute atomic E-state index is 0.827. The van der Waals surface area contributed by atoms with Crippen LogP contribution >= 0.6 is 0 Å². The highest BCUT2D eigenvalue weighted by Crippen LogP contribution is 2.26. The Hall–Kier alpha value is -0.0400. The summed E-state index contributed by atoms with van der Waals surface area (Å²) in [4.78, 5) is 2.64. The Balaban J connectivity index is 2.52. The first kappa shape index (κ1) is 10.0. The van der Waals surface area contributed by atoms with Crippen molar-refractivity contribution in [2.75, 3.05) is 13.1 Å². The molecule has 0 amide bonds. The van der Waals surface area contributed by atoms with E-state index in [4.69, 9.17) is 0 Å². The molecule has 0 saturated carbocycles. The molecule has 0 radical (unpaired) electrons. The third kappa shape index (κ3) is 2.22. The van der Waals surface area contributed by atoms with Crippen LogP contribution in [0.1, 0.15) is 40.5 Å². The normalized spacial score (nSPS) is 32.8. The van der Waals surface area contributed by atoms with Gasteiger partial charge in [0.1, 0.15) is 0 Å². The van der Waals surface area contributed by atoms with E-state index in [0.717, 1.165) is 17.9 Å². The third-order valence-electron chi connectivity index (χ3n) is 3.20. The molecular formula is C11H23N. The predicted molar refractivity (Wildman–Crippen MR) is 54.3 cm³/mol. The summed E-state index contributed by atoms with van der Waals surface area (Å²) in [7, 11) is 0. The SMILES string of the molecule is CCN1CCC(C)CC1C(C)C. The third-order valence-corrected chi connectivity index (χ3v) is 3.20. The average Bonchev–Trinajstić information content (AvgIpc) is 2.04. The van der Waals surface area contributed by atoms with E-state index in [1.54, 1.807) is 0 Å². The van der Waals surface area contributed by atoms with Crippen molar-refractivity contribution >= 4 is 0 Å². The number of hydrogen-bond acceptors (Lipinski definition) is 1. The van der Waals surface area contributed by atoms with Crippen LogP contribution in [0.2, 0.25) is 0 Å². The quantitative estimate of drug-likeness (QED) is 0.614. The molecule has 12 heavy (non-hydrogen) atoms. The lowest BCUT2D eigenvalue weighted by Gasteiger charge is -2.40. The lowest BCUT2D eigenvalue weighted by atomic mass is 9.86. The molecule has 2 atom stereocenters. The van der Waals surface area contributed by atoms with Crippen molar-refractivity contribution in [2.24, 2.45) is 11.8 Å². The van der Waals surface area contributed by atoms with Crippen molar-refractivity contribution in [1.29, 1.82) is 0 Å². The summed E-state index contributed by atoms with van der Waals surface area (Å²) < 4.78 is 0. The molecule has 72 valence electrons. The zero-order chi connectivity index (χ0) is 9.14. The highest BCUT2D eigenvalue weighted by atomic mass is 15.2. The van der Waals surface area contributed by atoms with E-state index >= 15 is 0 Å². The zero-order valence-corrected chi connectivity index (χ0v) is 9.01. The smallest absolute Gasteiger partial charge is 0.0121 e. The summed E-state index contributed by atoms with van der Waals surface area (Å²) in [5.74, 6) is 1.77. The van der Waals surface area contributed by atoms with E-state index in [0.29, 0.717) is 0 Å². The molecule has 0 aromatic rings. The Labute approximate surface area is 77.1 Å². The molecule has 0 aromatic heterocycles. The van der Waals surface area contributed by atoms with Crippen LogP contribution in [0, 0.1) is 11.8 Å². The fourth-order valence-electron chi connectivity index (χ4n) is 2.32. The summed E-state index contributed by atoms with van der Waals surface area (Å²) in [6.45, 7) is 11.9. The molecule has 1 aliphatic heterocycles. The van der Waals surface area contributed by atoms with Gasteiger partial charge in [-0.15, -0.1) is 0 Å². The molecule has 1 heteroatoms. The molecule has 1 aliphatic rings. The minimum atomic E-state index is 0.827. The van der Waals surface area contributed by atoms with Crippen LogP contribution in [0.25, 0.3) is 0 Å². The van der Waals surface area contributed by atoms with Crippen LogP contribution in [0.15, 0.2) is 0 Å². The molecule has 0 aliphatic carbocycles. The molecule has 0 N–H and O–H groups in total. The van der Waals surface area contributed by atoms with Crippen LogP contribution in [0.5, 0.6) is 0 Å². The van der Waals surface area contributed by atoms with Crippen LogP contribution in [0.4, 0.5) is 0 Å². The number of piperidine rings is 1. The Morgan fingerprint density at radius 2 is 2.08 bits per heavy atom.